The van der Waals surface area contributed by atoms with Crippen molar-refractivity contribution in [1.29, 1.82) is 0 Å². The van der Waals surface area contributed by atoms with Gasteiger partial charge in [-0.3, -0.25) is 14.4 Å². The van der Waals surface area contributed by atoms with E-state index in [4.69, 9.17) is 14.2 Å². The van der Waals surface area contributed by atoms with Crippen LogP contribution >= 0.6 is 0 Å². The molecule has 0 aliphatic rings. The number of rotatable bonds is 66. The molecular formula is C75H136O6. The molecule has 0 saturated carbocycles. The van der Waals surface area contributed by atoms with Crippen molar-refractivity contribution in [2.45, 2.75) is 386 Å². The monoisotopic (exact) mass is 1130 g/mol. The Labute approximate surface area is 504 Å². The van der Waals surface area contributed by atoms with Crippen LogP contribution in [0.3, 0.4) is 0 Å². The summed E-state index contributed by atoms with van der Waals surface area (Å²) in [5, 5.41) is 0. The predicted molar refractivity (Wildman–Crippen MR) is 353 cm³/mol. The Hall–Kier alpha value is -2.89. The molecule has 0 rings (SSSR count). The van der Waals surface area contributed by atoms with Crippen LogP contribution < -0.4 is 0 Å². The average Bonchev–Trinajstić information content (AvgIpc) is 3.47. The fourth-order valence-electron chi connectivity index (χ4n) is 10.6. The quantitative estimate of drug-likeness (QED) is 0.0261. The van der Waals surface area contributed by atoms with Gasteiger partial charge in [-0.05, 0) is 89.9 Å². The van der Waals surface area contributed by atoms with Crippen molar-refractivity contribution in [1.82, 2.24) is 0 Å². The Morgan fingerprint density at radius 3 is 0.691 bits per heavy atom. The van der Waals surface area contributed by atoms with E-state index in [1.54, 1.807) is 0 Å². The molecule has 0 aromatic rings. The summed E-state index contributed by atoms with van der Waals surface area (Å²) >= 11 is 0. The summed E-state index contributed by atoms with van der Waals surface area (Å²) in [6.45, 7) is 6.58. The molecule has 1 unspecified atom stereocenters. The fraction of sp³-hybridized carbons (Fsp3) is 0.827. The smallest absolute Gasteiger partial charge is 0.306 e. The number of unbranched alkanes of at least 4 members (excludes halogenated alkanes) is 45. The van der Waals surface area contributed by atoms with E-state index in [9.17, 15) is 14.4 Å². The number of esters is 3. The molecule has 0 N–H and O–H groups in total. The van der Waals surface area contributed by atoms with Gasteiger partial charge in [0.1, 0.15) is 13.2 Å². The lowest BCUT2D eigenvalue weighted by molar-refractivity contribution is -0.167. The maximum Gasteiger partial charge on any atom is 0.306 e. The molecule has 0 aliphatic heterocycles. The second kappa shape index (κ2) is 69.6. The number of carbonyl (C=O) groups excluding carboxylic acids is 3. The minimum Gasteiger partial charge on any atom is -0.462 e. The zero-order chi connectivity index (χ0) is 58.5. The Balaban J connectivity index is 3.93. The fourth-order valence-corrected chi connectivity index (χ4v) is 10.6. The van der Waals surface area contributed by atoms with Crippen LogP contribution in [0.4, 0.5) is 0 Å². The highest BCUT2D eigenvalue weighted by Gasteiger charge is 2.19. The van der Waals surface area contributed by atoms with Crippen molar-refractivity contribution in [3.8, 4) is 0 Å². The van der Waals surface area contributed by atoms with E-state index in [1.165, 1.54) is 257 Å². The van der Waals surface area contributed by atoms with E-state index < -0.39 is 6.10 Å². The normalized spacial score (nSPS) is 12.4. The van der Waals surface area contributed by atoms with E-state index in [0.717, 1.165) is 83.5 Å². The van der Waals surface area contributed by atoms with Crippen LogP contribution in [-0.2, 0) is 28.6 Å². The highest BCUT2D eigenvalue weighted by atomic mass is 16.6. The predicted octanol–water partition coefficient (Wildman–Crippen LogP) is 24.7. The molecule has 0 radical (unpaired) electrons. The third-order valence-electron chi connectivity index (χ3n) is 16.0. The standard InChI is InChI=1S/C75H136O6/c1-4-7-10-13-15-17-19-21-23-25-27-29-31-33-34-35-36-37-38-39-40-42-43-45-47-49-51-53-55-57-59-62-65-68-74(77)80-71-72(70-79-73(76)67-64-61-12-9-6-3)81-75(78)69-66-63-60-58-56-54-52-50-48-46-44-41-32-30-28-26-24-22-20-18-16-14-11-8-5-2/h19-22,25-28,32,41,72H,4-18,23-24,29-31,33-40,42-71H2,1-3H3/b21-19-,22-20-,27-25-,28-26-,41-32-. The van der Waals surface area contributed by atoms with Crippen LogP contribution in [0.1, 0.15) is 380 Å². The lowest BCUT2D eigenvalue weighted by atomic mass is 10.0. The molecule has 472 valence electrons. The first-order valence-corrected chi connectivity index (χ1v) is 35.8. The van der Waals surface area contributed by atoms with E-state index >= 15 is 0 Å². The Morgan fingerprint density at radius 1 is 0.247 bits per heavy atom. The van der Waals surface area contributed by atoms with E-state index in [1.807, 2.05) is 0 Å². The van der Waals surface area contributed by atoms with Crippen LogP contribution in [0.15, 0.2) is 60.8 Å². The van der Waals surface area contributed by atoms with Crippen LogP contribution in [0.2, 0.25) is 0 Å². The Morgan fingerprint density at radius 2 is 0.444 bits per heavy atom. The molecule has 81 heavy (non-hydrogen) atoms. The largest absolute Gasteiger partial charge is 0.462 e. The topological polar surface area (TPSA) is 78.9 Å². The maximum absolute atomic E-state index is 12.9. The summed E-state index contributed by atoms with van der Waals surface area (Å²) in [7, 11) is 0. The number of ether oxygens (including phenoxy) is 3. The van der Waals surface area contributed by atoms with E-state index in [-0.39, 0.29) is 31.1 Å². The Kier molecular flexibility index (Phi) is 67.1. The highest BCUT2D eigenvalue weighted by Crippen LogP contribution is 2.18. The van der Waals surface area contributed by atoms with Gasteiger partial charge >= 0.3 is 17.9 Å². The number of hydrogen-bond acceptors (Lipinski definition) is 6. The van der Waals surface area contributed by atoms with Crippen molar-refractivity contribution < 1.29 is 28.6 Å². The SMILES string of the molecule is CCCCCCC/C=C\C/C=C\C/C=C\CCCCCCCCCCCCC(=O)OC(COC(=O)CCCCCCC)COC(=O)CCCCCCCCCCCCCCCCCCCCCCC/C=C\C/C=C\CCCCCCC. The number of carbonyl (C=O) groups is 3. The van der Waals surface area contributed by atoms with Crippen molar-refractivity contribution in [2.24, 2.45) is 0 Å². The first-order chi connectivity index (χ1) is 40.0. The maximum atomic E-state index is 12.9. The molecule has 0 saturated heterocycles. The van der Waals surface area contributed by atoms with Gasteiger partial charge < -0.3 is 14.2 Å². The molecule has 0 aromatic heterocycles. The molecule has 0 spiro atoms. The summed E-state index contributed by atoms with van der Waals surface area (Å²) in [5.41, 5.74) is 0. The van der Waals surface area contributed by atoms with Crippen LogP contribution in [0.25, 0.3) is 0 Å². The molecule has 0 aromatic carbocycles. The highest BCUT2D eigenvalue weighted by molar-refractivity contribution is 5.71. The van der Waals surface area contributed by atoms with Gasteiger partial charge in [0.25, 0.3) is 0 Å². The van der Waals surface area contributed by atoms with Crippen molar-refractivity contribution in [3.63, 3.8) is 0 Å². The van der Waals surface area contributed by atoms with Gasteiger partial charge in [0.2, 0.25) is 0 Å². The summed E-state index contributed by atoms with van der Waals surface area (Å²) in [4.78, 5) is 38.0. The third-order valence-corrected chi connectivity index (χ3v) is 16.0. The van der Waals surface area contributed by atoms with Crippen molar-refractivity contribution in [2.75, 3.05) is 13.2 Å². The molecule has 0 fully saturated rings. The molecule has 0 heterocycles. The van der Waals surface area contributed by atoms with Crippen LogP contribution in [0.5, 0.6) is 0 Å². The minimum atomic E-state index is -0.772. The first kappa shape index (κ1) is 78.1. The van der Waals surface area contributed by atoms with E-state index in [2.05, 4.69) is 81.5 Å². The second-order valence-corrected chi connectivity index (χ2v) is 24.1. The van der Waals surface area contributed by atoms with Crippen LogP contribution in [-0.4, -0.2) is 37.2 Å². The molecule has 6 heteroatoms. The molecule has 0 bridgehead atoms. The summed E-state index contributed by atoms with van der Waals surface area (Å²) < 4.78 is 16.8. The number of allylic oxidation sites excluding steroid dienone is 10. The van der Waals surface area contributed by atoms with Gasteiger partial charge in [0.05, 0.1) is 0 Å². The Bertz CT molecular complexity index is 1440. The number of hydrogen-bond donors (Lipinski definition) is 0. The second-order valence-electron chi connectivity index (χ2n) is 24.1. The zero-order valence-electron chi connectivity index (χ0n) is 54.3. The average molecular weight is 1130 g/mol. The lowest BCUT2D eigenvalue weighted by Crippen LogP contribution is -2.30. The molecular weight excluding hydrogens is 997 g/mol. The van der Waals surface area contributed by atoms with Gasteiger partial charge in [-0.25, -0.2) is 0 Å². The lowest BCUT2D eigenvalue weighted by Gasteiger charge is -2.18. The summed E-state index contributed by atoms with van der Waals surface area (Å²) in [6, 6.07) is 0. The van der Waals surface area contributed by atoms with Gasteiger partial charge in [0.15, 0.2) is 6.10 Å². The van der Waals surface area contributed by atoms with Crippen LogP contribution in [0, 0.1) is 0 Å². The molecule has 6 nitrogen and oxygen atoms in total. The van der Waals surface area contributed by atoms with Gasteiger partial charge in [-0.15, -0.1) is 0 Å². The first-order valence-electron chi connectivity index (χ1n) is 35.8. The van der Waals surface area contributed by atoms with Gasteiger partial charge in [0, 0.05) is 19.3 Å². The van der Waals surface area contributed by atoms with Gasteiger partial charge in [-0.1, -0.05) is 332 Å². The van der Waals surface area contributed by atoms with Gasteiger partial charge in [-0.2, -0.15) is 0 Å². The molecule has 0 amide bonds. The minimum absolute atomic E-state index is 0.0719. The molecule has 1 atom stereocenters. The summed E-state index contributed by atoms with van der Waals surface area (Å²) in [6.07, 6.45) is 90.3. The van der Waals surface area contributed by atoms with E-state index in [0.29, 0.717) is 19.3 Å². The van der Waals surface area contributed by atoms with Crippen molar-refractivity contribution >= 4 is 17.9 Å². The summed E-state index contributed by atoms with van der Waals surface area (Å²) in [5.74, 6) is -0.870. The van der Waals surface area contributed by atoms with Crippen molar-refractivity contribution in [3.05, 3.63) is 60.8 Å². The third kappa shape index (κ3) is 67.8. The zero-order valence-corrected chi connectivity index (χ0v) is 54.3. The molecule has 0 aliphatic carbocycles.